The van der Waals surface area contributed by atoms with Gasteiger partial charge in [-0.05, 0) is 56.8 Å². The Morgan fingerprint density at radius 1 is 1.20 bits per heavy atom. The van der Waals surface area contributed by atoms with Gasteiger partial charge in [0.05, 0.1) is 13.2 Å². The highest BCUT2D eigenvalue weighted by atomic mass is 16.7. The summed E-state index contributed by atoms with van der Waals surface area (Å²) in [6.07, 6.45) is 4.89. The number of benzene rings is 1. The zero-order valence-electron chi connectivity index (χ0n) is 14.7. The molecule has 4 atom stereocenters. The van der Waals surface area contributed by atoms with Crippen LogP contribution in [0.1, 0.15) is 36.8 Å². The summed E-state index contributed by atoms with van der Waals surface area (Å²) in [7, 11) is 2.26. The van der Waals surface area contributed by atoms with E-state index in [-0.39, 0.29) is 17.3 Å². The maximum atomic E-state index is 10.5. The van der Waals surface area contributed by atoms with Crippen LogP contribution in [0, 0.1) is 5.92 Å². The molecule has 5 nitrogen and oxygen atoms in total. The molecule has 134 valence electrons. The van der Waals surface area contributed by atoms with Gasteiger partial charge in [-0.15, -0.1) is 0 Å². The summed E-state index contributed by atoms with van der Waals surface area (Å²) >= 11 is 0. The number of fused-ring (bicyclic) bond motifs is 1. The van der Waals surface area contributed by atoms with Crippen molar-refractivity contribution < 1.29 is 19.3 Å². The van der Waals surface area contributed by atoms with E-state index in [1.807, 2.05) is 0 Å². The zero-order chi connectivity index (χ0) is 16.8. The second-order valence-electron chi connectivity index (χ2n) is 8.50. The topological polar surface area (TPSA) is 51.2 Å². The molecule has 1 N–H and O–H groups in total. The lowest BCUT2D eigenvalue weighted by atomic mass is 9.50. The minimum absolute atomic E-state index is 0.0750. The van der Waals surface area contributed by atoms with Gasteiger partial charge in [-0.1, -0.05) is 6.07 Å². The molecule has 3 aliphatic heterocycles. The van der Waals surface area contributed by atoms with Crippen molar-refractivity contribution in [3.05, 3.63) is 23.3 Å². The Balaban J connectivity index is 1.60. The molecule has 5 aliphatic rings. The number of piperidine rings is 1. The van der Waals surface area contributed by atoms with Crippen LogP contribution in [0.15, 0.2) is 12.1 Å². The van der Waals surface area contributed by atoms with Gasteiger partial charge in [0.15, 0.2) is 17.6 Å². The van der Waals surface area contributed by atoms with E-state index in [0.717, 1.165) is 51.9 Å². The van der Waals surface area contributed by atoms with Crippen molar-refractivity contribution in [1.29, 1.82) is 0 Å². The van der Waals surface area contributed by atoms with Gasteiger partial charge in [0.1, 0.15) is 0 Å². The van der Waals surface area contributed by atoms with Gasteiger partial charge in [0, 0.05) is 23.4 Å². The predicted octanol–water partition coefficient (Wildman–Crippen LogP) is 2.19. The van der Waals surface area contributed by atoms with Crippen molar-refractivity contribution in [2.24, 2.45) is 5.92 Å². The standard InChI is InChI=1S/C20H25NO4/c1-21-8-7-19-13-5-6-20(23-9-2-10-24-20)18(19)25-17-15(22)4-3-12(16(17)19)11-14(13)21/h3-4,13-14,18,22H,2,5-11H2,1H3/t13?,14-,18?,19+/m1/s1. The lowest BCUT2D eigenvalue weighted by Gasteiger charge is -2.61. The molecule has 3 fully saturated rings. The number of hydrogen-bond donors (Lipinski definition) is 1. The van der Waals surface area contributed by atoms with Gasteiger partial charge < -0.3 is 24.2 Å². The maximum absolute atomic E-state index is 10.5. The second kappa shape index (κ2) is 4.70. The number of phenolic OH excluding ortho intramolecular Hbond substituents is 1. The minimum Gasteiger partial charge on any atom is -0.504 e. The first kappa shape index (κ1) is 14.8. The van der Waals surface area contributed by atoms with Crippen molar-refractivity contribution in [3.8, 4) is 11.5 Å². The lowest BCUT2D eigenvalue weighted by molar-refractivity contribution is -0.332. The molecule has 2 bridgehead atoms. The number of likely N-dealkylation sites (N-methyl/N-ethyl adjacent to an activating group) is 1. The fourth-order valence-corrected chi connectivity index (χ4v) is 6.59. The normalized spacial score (nSPS) is 40.6. The summed E-state index contributed by atoms with van der Waals surface area (Å²) in [4.78, 5) is 2.53. The fourth-order valence-electron chi connectivity index (χ4n) is 6.59. The van der Waals surface area contributed by atoms with Gasteiger partial charge in [-0.25, -0.2) is 0 Å². The van der Waals surface area contributed by atoms with Gasteiger partial charge in [0.25, 0.3) is 0 Å². The number of likely N-dealkylation sites (tertiary alicyclic amines) is 1. The van der Waals surface area contributed by atoms with Crippen LogP contribution in [0.4, 0.5) is 0 Å². The van der Waals surface area contributed by atoms with Gasteiger partial charge in [-0.2, -0.15) is 0 Å². The fraction of sp³-hybridized carbons (Fsp3) is 0.700. The van der Waals surface area contributed by atoms with Crippen LogP contribution in [0.3, 0.4) is 0 Å². The highest BCUT2D eigenvalue weighted by Crippen LogP contribution is 2.66. The van der Waals surface area contributed by atoms with Crippen LogP contribution in [-0.4, -0.2) is 54.7 Å². The average molecular weight is 343 g/mol. The highest BCUT2D eigenvalue weighted by molar-refractivity contribution is 5.61. The molecule has 0 amide bonds. The maximum Gasteiger partial charge on any atom is 0.206 e. The Hall–Kier alpha value is -1.30. The van der Waals surface area contributed by atoms with Crippen LogP contribution >= 0.6 is 0 Å². The van der Waals surface area contributed by atoms with E-state index in [2.05, 4.69) is 18.0 Å². The molecular weight excluding hydrogens is 318 g/mol. The van der Waals surface area contributed by atoms with Crippen molar-refractivity contribution in [1.82, 2.24) is 4.90 Å². The van der Waals surface area contributed by atoms with E-state index in [9.17, 15) is 5.11 Å². The first-order valence-corrected chi connectivity index (χ1v) is 9.66. The Labute approximate surface area is 147 Å². The van der Waals surface area contributed by atoms with Crippen LogP contribution in [-0.2, 0) is 21.3 Å². The molecule has 1 saturated carbocycles. The van der Waals surface area contributed by atoms with Gasteiger partial charge >= 0.3 is 0 Å². The third kappa shape index (κ3) is 1.61. The second-order valence-corrected chi connectivity index (χ2v) is 8.50. The van der Waals surface area contributed by atoms with E-state index in [4.69, 9.17) is 14.2 Å². The summed E-state index contributed by atoms with van der Waals surface area (Å²) in [6.45, 7) is 2.53. The molecule has 0 radical (unpaired) electrons. The number of aromatic hydroxyl groups is 1. The Bertz CT molecular complexity index is 743. The molecular formula is C20H25NO4. The monoisotopic (exact) mass is 343 g/mol. The molecule has 3 heterocycles. The smallest absolute Gasteiger partial charge is 0.206 e. The molecule has 0 aromatic heterocycles. The van der Waals surface area contributed by atoms with Crippen molar-refractivity contribution >= 4 is 0 Å². The first-order valence-electron chi connectivity index (χ1n) is 9.66. The molecule has 2 saturated heterocycles. The van der Waals surface area contributed by atoms with Crippen LogP contribution in [0.2, 0.25) is 0 Å². The van der Waals surface area contributed by atoms with Crippen molar-refractivity contribution in [2.45, 2.75) is 55.5 Å². The van der Waals surface area contributed by atoms with Crippen LogP contribution in [0.25, 0.3) is 0 Å². The number of ether oxygens (including phenoxy) is 3. The van der Waals surface area contributed by atoms with Crippen LogP contribution in [0.5, 0.6) is 11.5 Å². The predicted molar refractivity (Wildman–Crippen MR) is 90.9 cm³/mol. The summed E-state index contributed by atoms with van der Waals surface area (Å²) in [5, 5.41) is 10.5. The third-order valence-electron chi connectivity index (χ3n) is 7.58. The summed E-state index contributed by atoms with van der Waals surface area (Å²) in [5.41, 5.74) is 2.54. The molecule has 1 aromatic rings. The molecule has 2 unspecified atom stereocenters. The average Bonchev–Trinajstić information content (AvgIpc) is 2.99. The largest absolute Gasteiger partial charge is 0.504 e. The summed E-state index contributed by atoms with van der Waals surface area (Å²) in [5.74, 6) is 0.876. The number of rotatable bonds is 0. The quantitative estimate of drug-likeness (QED) is 0.783. The Morgan fingerprint density at radius 3 is 2.88 bits per heavy atom. The molecule has 2 aliphatic carbocycles. The number of hydrogen-bond acceptors (Lipinski definition) is 5. The van der Waals surface area contributed by atoms with Gasteiger partial charge in [-0.3, -0.25) is 0 Å². The lowest BCUT2D eigenvalue weighted by Crippen LogP contribution is -2.71. The van der Waals surface area contributed by atoms with E-state index >= 15 is 0 Å². The number of nitrogens with zero attached hydrogens (tertiary/aromatic N) is 1. The Kier molecular flexibility index (Phi) is 2.79. The minimum atomic E-state index is -0.644. The summed E-state index contributed by atoms with van der Waals surface area (Å²) < 4.78 is 19.1. The molecule has 6 rings (SSSR count). The van der Waals surface area contributed by atoms with Crippen molar-refractivity contribution in [2.75, 3.05) is 26.8 Å². The summed E-state index contributed by atoms with van der Waals surface area (Å²) in [6, 6.07) is 4.45. The third-order valence-corrected chi connectivity index (χ3v) is 7.58. The molecule has 1 aromatic carbocycles. The zero-order valence-corrected chi connectivity index (χ0v) is 14.7. The van der Waals surface area contributed by atoms with E-state index in [1.165, 1.54) is 11.1 Å². The SMILES string of the molecule is CN1CC[C@]23c4c5ccc(O)c4OC2C2(CCC3[C@H]1C5)OCCCO2. The molecule has 2 spiro atoms. The molecule has 25 heavy (non-hydrogen) atoms. The van der Waals surface area contributed by atoms with Gasteiger partial charge in [0.2, 0.25) is 5.79 Å². The van der Waals surface area contributed by atoms with E-state index < -0.39 is 5.79 Å². The van der Waals surface area contributed by atoms with Crippen LogP contribution < -0.4 is 4.74 Å². The van der Waals surface area contributed by atoms with E-state index in [0.29, 0.717) is 17.7 Å². The highest BCUT2D eigenvalue weighted by Gasteiger charge is 2.70. The first-order chi connectivity index (χ1) is 12.2. The molecule has 5 heteroatoms. The van der Waals surface area contributed by atoms with E-state index in [1.54, 1.807) is 6.07 Å². The van der Waals surface area contributed by atoms with Crippen molar-refractivity contribution in [3.63, 3.8) is 0 Å². The number of phenols is 1. The Morgan fingerprint density at radius 2 is 2.04 bits per heavy atom.